The molecule has 3 aliphatic rings. The maximum absolute atomic E-state index is 12.8. The summed E-state index contributed by atoms with van der Waals surface area (Å²) in [6.07, 6.45) is 1.28. The molecule has 3 aliphatic heterocycles. The molecule has 7 heteroatoms. The molecule has 0 spiro atoms. The monoisotopic (exact) mass is 343 g/mol. The molecule has 7 nitrogen and oxygen atoms in total. The largest absolute Gasteiger partial charge is 0.487 e. The standard InChI is InChI=1S/C18H21N3O4/c1-18(2)7-12(19)10-4-3-9-11(15(10)25-18)8-21(17(9)24)13-5-6-14(22)20-16(13)23/h3-4,12-13H,5-8,19H2,1-2H3,(H,20,22,23). The third-order valence-corrected chi connectivity index (χ3v) is 5.19. The fraction of sp³-hybridized carbons (Fsp3) is 0.500. The summed E-state index contributed by atoms with van der Waals surface area (Å²) in [4.78, 5) is 37.9. The van der Waals surface area contributed by atoms with Crippen LogP contribution in [0.1, 0.15) is 60.6 Å². The minimum Gasteiger partial charge on any atom is -0.487 e. The van der Waals surface area contributed by atoms with Crippen LogP contribution in [0.3, 0.4) is 0 Å². The molecule has 1 saturated heterocycles. The average Bonchev–Trinajstić information content (AvgIpc) is 2.84. The molecule has 132 valence electrons. The Kier molecular flexibility index (Phi) is 3.40. The average molecular weight is 343 g/mol. The molecule has 0 aromatic heterocycles. The summed E-state index contributed by atoms with van der Waals surface area (Å²) in [7, 11) is 0. The van der Waals surface area contributed by atoms with Gasteiger partial charge >= 0.3 is 0 Å². The zero-order valence-electron chi connectivity index (χ0n) is 14.3. The Morgan fingerprint density at radius 2 is 2.04 bits per heavy atom. The van der Waals surface area contributed by atoms with Crippen molar-refractivity contribution in [1.82, 2.24) is 10.2 Å². The van der Waals surface area contributed by atoms with E-state index >= 15 is 0 Å². The highest BCUT2D eigenvalue weighted by atomic mass is 16.5. The number of hydrogen-bond donors (Lipinski definition) is 2. The summed E-state index contributed by atoms with van der Waals surface area (Å²) in [5.41, 5.74) is 8.11. The van der Waals surface area contributed by atoms with E-state index in [9.17, 15) is 14.4 Å². The third-order valence-electron chi connectivity index (χ3n) is 5.19. The number of fused-ring (bicyclic) bond motifs is 3. The molecule has 1 fully saturated rings. The first-order valence-electron chi connectivity index (χ1n) is 8.52. The van der Waals surface area contributed by atoms with Crippen LogP contribution in [0.25, 0.3) is 0 Å². The van der Waals surface area contributed by atoms with Crippen molar-refractivity contribution in [1.29, 1.82) is 0 Å². The number of imide groups is 1. The van der Waals surface area contributed by atoms with E-state index in [4.69, 9.17) is 10.5 Å². The van der Waals surface area contributed by atoms with E-state index in [0.717, 1.165) is 11.1 Å². The van der Waals surface area contributed by atoms with E-state index in [1.165, 1.54) is 4.90 Å². The van der Waals surface area contributed by atoms with Gasteiger partial charge in [0.1, 0.15) is 17.4 Å². The van der Waals surface area contributed by atoms with Gasteiger partial charge in [-0.3, -0.25) is 19.7 Å². The van der Waals surface area contributed by atoms with Gasteiger partial charge in [-0.1, -0.05) is 6.07 Å². The van der Waals surface area contributed by atoms with Crippen molar-refractivity contribution in [2.75, 3.05) is 0 Å². The first-order chi connectivity index (χ1) is 11.8. The van der Waals surface area contributed by atoms with Crippen molar-refractivity contribution in [3.63, 3.8) is 0 Å². The van der Waals surface area contributed by atoms with E-state index in [2.05, 4.69) is 5.32 Å². The van der Waals surface area contributed by atoms with Gasteiger partial charge in [0.2, 0.25) is 11.8 Å². The van der Waals surface area contributed by atoms with Gasteiger partial charge in [-0.2, -0.15) is 0 Å². The van der Waals surface area contributed by atoms with Crippen LogP contribution < -0.4 is 15.8 Å². The summed E-state index contributed by atoms with van der Waals surface area (Å²) in [5, 5.41) is 2.31. The molecule has 3 N–H and O–H groups in total. The Labute approximate surface area is 145 Å². The van der Waals surface area contributed by atoms with Gasteiger partial charge in [0.25, 0.3) is 5.91 Å². The number of nitrogens with zero attached hydrogens (tertiary/aromatic N) is 1. The third kappa shape index (κ3) is 2.50. The molecule has 2 atom stereocenters. The Balaban J connectivity index is 1.71. The second kappa shape index (κ2) is 5.29. The molecule has 0 saturated carbocycles. The summed E-state index contributed by atoms with van der Waals surface area (Å²) in [5.74, 6) is -0.236. The number of carbonyl (C=O) groups is 3. The highest BCUT2D eigenvalue weighted by molar-refractivity contribution is 6.05. The lowest BCUT2D eigenvalue weighted by atomic mass is 9.88. The Morgan fingerprint density at radius 1 is 1.28 bits per heavy atom. The molecule has 3 amide bonds. The van der Waals surface area contributed by atoms with Crippen LogP contribution in [0.2, 0.25) is 0 Å². The van der Waals surface area contributed by atoms with Crippen LogP contribution in [-0.2, 0) is 16.1 Å². The molecular formula is C18H21N3O4. The smallest absolute Gasteiger partial charge is 0.255 e. The molecule has 2 unspecified atom stereocenters. The van der Waals surface area contributed by atoms with Gasteiger partial charge in [0.05, 0.1) is 6.54 Å². The molecule has 25 heavy (non-hydrogen) atoms. The number of ether oxygens (including phenoxy) is 1. The number of amides is 3. The zero-order valence-corrected chi connectivity index (χ0v) is 14.3. The maximum atomic E-state index is 12.8. The number of piperidine rings is 1. The predicted molar refractivity (Wildman–Crippen MR) is 88.7 cm³/mol. The topological polar surface area (TPSA) is 102 Å². The number of benzene rings is 1. The number of carbonyl (C=O) groups excluding carboxylic acids is 3. The molecule has 0 bridgehead atoms. The van der Waals surface area contributed by atoms with Gasteiger partial charge in [0.15, 0.2) is 0 Å². The van der Waals surface area contributed by atoms with Gasteiger partial charge < -0.3 is 15.4 Å². The molecule has 3 heterocycles. The molecule has 0 aliphatic carbocycles. The molecule has 4 rings (SSSR count). The second-order valence-corrected chi connectivity index (χ2v) is 7.58. The second-order valence-electron chi connectivity index (χ2n) is 7.58. The van der Waals surface area contributed by atoms with Crippen molar-refractivity contribution in [3.05, 3.63) is 28.8 Å². The quantitative estimate of drug-likeness (QED) is 0.741. The van der Waals surface area contributed by atoms with Crippen LogP contribution in [0.15, 0.2) is 12.1 Å². The lowest BCUT2D eigenvalue weighted by Gasteiger charge is -2.37. The van der Waals surface area contributed by atoms with E-state index in [-0.39, 0.29) is 24.3 Å². The Hall–Kier alpha value is -2.41. The van der Waals surface area contributed by atoms with Crippen molar-refractivity contribution in [2.45, 2.75) is 57.3 Å². The Morgan fingerprint density at radius 3 is 2.76 bits per heavy atom. The first kappa shape index (κ1) is 16.1. The van der Waals surface area contributed by atoms with E-state index in [0.29, 0.717) is 30.7 Å². The van der Waals surface area contributed by atoms with Crippen LogP contribution >= 0.6 is 0 Å². The molecule has 0 radical (unpaired) electrons. The number of rotatable bonds is 1. The lowest BCUT2D eigenvalue weighted by Crippen LogP contribution is -2.52. The van der Waals surface area contributed by atoms with E-state index in [1.807, 2.05) is 19.9 Å². The fourth-order valence-corrected chi connectivity index (χ4v) is 4.00. The predicted octanol–water partition coefficient (Wildman–Crippen LogP) is 1.01. The maximum Gasteiger partial charge on any atom is 0.255 e. The van der Waals surface area contributed by atoms with Crippen molar-refractivity contribution >= 4 is 17.7 Å². The highest BCUT2D eigenvalue weighted by Crippen LogP contribution is 2.44. The summed E-state index contributed by atoms with van der Waals surface area (Å²) < 4.78 is 6.15. The minimum atomic E-state index is -0.626. The first-order valence-corrected chi connectivity index (χ1v) is 8.52. The molecule has 1 aromatic carbocycles. The van der Waals surface area contributed by atoms with Gasteiger partial charge in [-0.15, -0.1) is 0 Å². The summed E-state index contributed by atoms with van der Waals surface area (Å²) in [6, 6.07) is 2.84. The summed E-state index contributed by atoms with van der Waals surface area (Å²) >= 11 is 0. The SMILES string of the molecule is CC1(C)CC(N)c2ccc3c(c2O1)CN(C1CCC(=O)NC1=O)C3=O. The highest BCUT2D eigenvalue weighted by Gasteiger charge is 2.43. The van der Waals surface area contributed by atoms with Crippen molar-refractivity contribution < 1.29 is 19.1 Å². The van der Waals surface area contributed by atoms with Crippen molar-refractivity contribution in [3.8, 4) is 5.75 Å². The van der Waals surface area contributed by atoms with Crippen LogP contribution in [0.4, 0.5) is 0 Å². The Bertz CT molecular complexity index is 802. The van der Waals surface area contributed by atoms with Crippen LogP contribution in [0.5, 0.6) is 5.75 Å². The van der Waals surface area contributed by atoms with Crippen LogP contribution in [0, 0.1) is 0 Å². The molecular weight excluding hydrogens is 322 g/mol. The normalized spacial score (nSPS) is 27.5. The lowest BCUT2D eigenvalue weighted by molar-refractivity contribution is -0.136. The van der Waals surface area contributed by atoms with E-state index in [1.54, 1.807) is 6.07 Å². The summed E-state index contributed by atoms with van der Waals surface area (Å²) in [6.45, 7) is 4.25. The van der Waals surface area contributed by atoms with Gasteiger partial charge in [-0.05, 0) is 26.3 Å². The zero-order chi connectivity index (χ0) is 17.9. The van der Waals surface area contributed by atoms with E-state index < -0.39 is 17.6 Å². The fourth-order valence-electron chi connectivity index (χ4n) is 4.00. The minimum absolute atomic E-state index is 0.149. The number of nitrogens with one attached hydrogen (secondary N) is 1. The van der Waals surface area contributed by atoms with Crippen molar-refractivity contribution in [2.24, 2.45) is 5.73 Å². The van der Waals surface area contributed by atoms with Gasteiger partial charge in [0, 0.05) is 35.6 Å². The number of hydrogen-bond acceptors (Lipinski definition) is 5. The molecule has 1 aromatic rings. The van der Waals surface area contributed by atoms with Gasteiger partial charge in [-0.25, -0.2) is 0 Å². The van der Waals surface area contributed by atoms with Crippen LogP contribution in [-0.4, -0.2) is 34.3 Å². The number of nitrogens with two attached hydrogens (primary N) is 1.